The van der Waals surface area contributed by atoms with Crippen molar-refractivity contribution < 1.29 is 4.74 Å². The minimum Gasteiger partial charge on any atom is -0.378 e. The molecule has 0 atom stereocenters. The standard InChI is InChI=1S/C21H25ClN4OS/c1-2-9-23-21(28)25-24-15-18-6-5-17(14-16-3-7-19(22)8-4-16)20(18)26-10-12-27-13-11-26/h2-4,7-8,14-15H,1,5-6,9-13H2,(H2,23,25,28)/b17-14+,24-15+. The third kappa shape index (κ3) is 5.67. The number of nitrogens with zero attached hydrogens (tertiary/aromatic N) is 2. The predicted molar refractivity (Wildman–Crippen MR) is 121 cm³/mol. The second kappa shape index (κ2) is 10.4. The van der Waals surface area contributed by atoms with Crippen LogP contribution in [0.25, 0.3) is 6.08 Å². The van der Waals surface area contributed by atoms with Gasteiger partial charge in [0.2, 0.25) is 0 Å². The van der Waals surface area contributed by atoms with Gasteiger partial charge in [-0.2, -0.15) is 5.10 Å². The summed E-state index contributed by atoms with van der Waals surface area (Å²) in [7, 11) is 0. The van der Waals surface area contributed by atoms with E-state index in [1.807, 2.05) is 30.5 Å². The Balaban J connectivity index is 1.81. The van der Waals surface area contributed by atoms with Gasteiger partial charge in [-0.05, 0) is 60.0 Å². The van der Waals surface area contributed by atoms with E-state index in [0.29, 0.717) is 11.7 Å². The molecule has 0 amide bonds. The SMILES string of the molecule is C=CCNC(=S)N/N=C/C1=C(N2CCOCC2)C(=C/c2ccc(Cl)cc2)/CC1. The van der Waals surface area contributed by atoms with E-state index in [9.17, 15) is 0 Å². The summed E-state index contributed by atoms with van der Waals surface area (Å²) in [5, 5.41) is 8.57. The maximum Gasteiger partial charge on any atom is 0.187 e. The van der Waals surface area contributed by atoms with Gasteiger partial charge in [0.15, 0.2) is 5.11 Å². The van der Waals surface area contributed by atoms with Crippen LogP contribution in [0.5, 0.6) is 0 Å². The fourth-order valence-corrected chi connectivity index (χ4v) is 3.57. The van der Waals surface area contributed by atoms with E-state index in [0.717, 1.165) is 49.7 Å². The van der Waals surface area contributed by atoms with Gasteiger partial charge in [0.1, 0.15) is 0 Å². The van der Waals surface area contributed by atoms with Crippen LogP contribution in [-0.2, 0) is 4.74 Å². The lowest BCUT2D eigenvalue weighted by atomic mass is 10.1. The number of allylic oxidation sites excluding steroid dienone is 2. The van der Waals surface area contributed by atoms with Gasteiger partial charge in [-0.25, -0.2) is 0 Å². The Morgan fingerprint density at radius 3 is 2.71 bits per heavy atom. The highest BCUT2D eigenvalue weighted by Gasteiger charge is 2.25. The number of halogens is 1. The Morgan fingerprint density at radius 1 is 1.25 bits per heavy atom. The summed E-state index contributed by atoms with van der Waals surface area (Å²) in [6.07, 6.45) is 7.81. The maximum atomic E-state index is 6.02. The normalized spacial score (nSPS) is 18.8. The van der Waals surface area contributed by atoms with Crippen molar-refractivity contribution >= 4 is 41.2 Å². The van der Waals surface area contributed by atoms with Crippen LogP contribution < -0.4 is 10.7 Å². The minimum absolute atomic E-state index is 0.486. The number of thiocarbonyl (C=S) groups is 1. The molecular weight excluding hydrogens is 392 g/mol. The topological polar surface area (TPSA) is 48.9 Å². The molecule has 1 aliphatic carbocycles. The number of ether oxygens (including phenoxy) is 1. The molecule has 1 saturated heterocycles. The first kappa shape index (κ1) is 20.6. The fraction of sp³-hybridized carbons (Fsp3) is 0.333. The number of benzene rings is 1. The second-order valence-electron chi connectivity index (χ2n) is 6.56. The van der Waals surface area contributed by atoms with Crippen LogP contribution in [0.2, 0.25) is 5.02 Å². The van der Waals surface area contributed by atoms with Crippen LogP contribution in [0.4, 0.5) is 0 Å². The molecule has 1 aliphatic heterocycles. The zero-order chi connectivity index (χ0) is 19.8. The van der Waals surface area contributed by atoms with Gasteiger partial charge < -0.3 is 15.0 Å². The Morgan fingerprint density at radius 2 is 2.00 bits per heavy atom. The van der Waals surface area contributed by atoms with Crippen molar-refractivity contribution in [1.82, 2.24) is 15.6 Å². The Hall–Kier alpha value is -2.15. The summed E-state index contributed by atoms with van der Waals surface area (Å²) in [6.45, 7) is 7.53. The van der Waals surface area contributed by atoms with E-state index in [1.165, 1.54) is 16.8 Å². The zero-order valence-corrected chi connectivity index (χ0v) is 17.4. The van der Waals surface area contributed by atoms with Crippen LogP contribution in [0.15, 0.2) is 58.9 Å². The van der Waals surface area contributed by atoms with Crippen LogP contribution in [0.1, 0.15) is 18.4 Å². The molecule has 2 N–H and O–H groups in total. The molecule has 5 nitrogen and oxygen atoms in total. The molecule has 28 heavy (non-hydrogen) atoms. The van der Waals surface area contributed by atoms with Gasteiger partial charge in [-0.1, -0.05) is 29.8 Å². The minimum atomic E-state index is 0.486. The van der Waals surface area contributed by atoms with Crippen LogP contribution in [0.3, 0.4) is 0 Å². The average Bonchev–Trinajstić information content (AvgIpc) is 3.11. The molecule has 0 bridgehead atoms. The van der Waals surface area contributed by atoms with Crippen molar-refractivity contribution in [2.24, 2.45) is 5.10 Å². The monoisotopic (exact) mass is 416 g/mol. The molecule has 7 heteroatoms. The fourth-order valence-electron chi connectivity index (χ4n) is 3.31. The van der Waals surface area contributed by atoms with E-state index in [4.69, 9.17) is 28.6 Å². The lowest BCUT2D eigenvalue weighted by Crippen LogP contribution is -2.36. The van der Waals surface area contributed by atoms with Crippen molar-refractivity contribution in [3.8, 4) is 0 Å². The summed E-state index contributed by atoms with van der Waals surface area (Å²) in [5.41, 5.74) is 7.80. The smallest absolute Gasteiger partial charge is 0.187 e. The highest BCUT2D eigenvalue weighted by atomic mass is 35.5. The summed E-state index contributed by atoms with van der Waals surface area (Å²) in [6, 6.07) is 7.93. The molecule has 0 unspecified atom stereocenters. The number of morpholine rings is 1. The summed E-state index contributed by atoms with van der Waals surface area (Å²) in [5.74, 6) is 0. The van der Waals surface area contributed by atoms with E-state index < -0.39 is 0 Å². The molecule has 0 aromatic heterocycles. The lowest BCUT2D eigenvalue weighted by Gasteiger charge is -2.31. The number of nitrogens with one attached hydrogen (secondary N) is 2. The van der Waals surface area contributed by atoms with Crippen LogP contribution >= 0.6 is 23.8 Å². The first-order valence-electron chi connectivity index (χ1n) is 9.37. The number of hydrogen-bond acceptors (Lipinski definition) is 4. The third-order valence-corrected chi connectivity index (χ3v) is 5.09. The molecule has 3 rings (SSSR count). The molecule has 1 fully saturated rings. The lowest BCUT2D eigenvalue weighted by molar-refractivity contribution is 0.0548. The summed E-state index contributed by atoms with van der Waals surface area (Å²) >= 11 is 11.2. The highest BCUT2D eigenvalue weighted by Crippen LogP contribution is 2.35. The zero-order valence-electron chi connectivity index (χ0n) is 15.8. The predicted octanol–water partition coefficient (Wildman–Crippen LogP) is 3.74. The summed E-state index contributed by atoms with van der Waals surface area (Å²) < 4.78 is 5.53. The third-order valence-electron chi connectivity index (χ3n) is 4.60. The van der Waals surface area contributed by atoms with Gasteiger partial charge in [-0.15, -0.1) is 6.58 Å². The van der Waals surface area contributed by atoms with E-state index in [1.54, 1.807) is 6.08 Å². The first-order chi connectivity index (χ1) is 13.7. The Labute approximate surface area is 176 Å². The molecule has 1 aromatic rings. The second-order valence-corrected chi connectivity index (χ2v) is 7.41. The Kier molecular flexibility index (Phi) is 7.65. The van der Waals surface area contributed by atoms with Crippen LogP contribution in [-0.4, -0.2) is 49.1 Å². The summed E-state index contributed by atoms with van der Waals surface area (Å²) in [4.78, 5) is 2.40. The average molecular weight is 417 g/mol. The molecule has 2 aliphatic rings. The molecule has 148 valence electrons. The van der Waals surface area contributed by atoms with E-state index in [-0.39, 0.29) is 0 Å². The van der Waals surface area contributed by atoms with Crippen molar-refractivity contribution in [3.05, 3.63) is 64.3 Å². The van der Waals surface area contributed by atoms with Gasteiger partial charge in [0.05, 0.1) is 19.4 Å². The van der Waals surface area contributed by atoms with Gasteiger partial charge in [0.25, 0.3) is 0 Å². The molecular formula is C21H25ClN4OS. The van der Waals surface area contributed by atoms with Crippen molar-refractivity contribution in [2.75, 3.05) is 32.8 Å². The number of rotatable bonds is 6. The molecule has 1 aromatic carbocycles. The number of hydrogen-bond donors (Lipinski definition) is 2. The highest BCUT2D eigenvalue weighted by molar-refractivity contribution is 7.80. The van der Waals surface area contributed by atoms with Gasteiger partial charge in [-0.3, -0.25) is 5.43 Å². The van der Waals surface area contributed by atoms with E-state index >= 15 is 0 Å². The van der Waals surface area contributed by atoms with Gasteiger partial charge in [0, 0.05) is 30.4 Å². The van der Waals surface area contributed by atoms with Gasteiger partial charge >= 0.3 is 0 Å². The number of hydrazone groups is 1. The first-order valence-corrected chi connectivity index (χ1v) is 10.2. The maximum absolute atomic E-state index is 6.02. The van der Waals surface area contributed by atoms with E-state index in [2.05, 4.69) is 33.4 Å². The molecule has 0 radical (unpaired) electrons. The largest absolute Gasteiger partial charge is 0.378 e. The van der Waals surface area contributed by atoms with Crippen LogP contribution in [0, 0.1) is 0 Å². The van der Waals surface area contributed by atoms with Crippen molar-refractivity contribution in [1.29, 1.82) is 0 Å². The van der Waals surface area contributed by atoms with Crippen molar-refractivity contribution in [2.45, 2.75) is 12.8 Å². The van der Waals surface area contributed by atoms with Crippen molar-refractivity contribution in [3.63, 3.8) is 0 Å². The molecule has 0 spiro atoms. The molecule has 0 saturated carbocycles. The quantitative estimate of drug-likeness (QED) is 0.320. The Bertz CT molecular complexity index is 795. The molecule has 1 heterocycles.